The van der Waals surface area contributed by atoms with Gasteiger partial charge in [-0.1, -0.05) is 44.2 Å². The molecule has 0 bridgehead atoms. The number of carboxylic acid groups (broad SMARTS) is 1. The SMILES string of the molecule is CCC1(CNC(=O)N(C)CC(C)C(=O)O)CCN(Cc2ccccc2)CC1. The number of carboxylic acids is 1. The summed E-state index contributed by atoms with van der Waals surface area (Å²) in [6.07, 6.45) is 3.15. The maximum Gasteiger partial charge on any atom is 0.317 e. The summed E-state index contributed by atoms with van der Waals surface area (Å²) in [5.41, 5.74) is 1.46. The Balaban J connectivity index is 1.81. The van der Waals surface area contributed by atoms with E-state index in [1.807, 2.05) is 6.07 Å². The van der Waals surface area contributed by atoms with Crippen molar-refractivity contribution in [2.75, 3.05) is 33.2 Å². The molecule has 0 radical (unpaired) electrons. The van der Waals surface area contributed by atoms with Gasteiger partial charge in [0, 0.05) is 26.7 Å². The molecule has 0 aliphatic carbocycles. The first-order valence-corrected chi connectivity index (χ1v) is 9.83. The first-order valence-electron chi connectivity index (χ1n) is 9.83. The Morgan fingerprint density at radius 3 is 2.44 bits per heavy atom. The molecule has 1 aliphatic heterocycles. The summed E-state index contributed by atoms with van der Waals surface area (Å²) >= 11 is 0. The van der Waals surface area contributed by atoms with E-state index >= 15 is 0 Å². The third-order valence-electron chi connectivity index (χ3n) is 5.85. The topological polar surface area (TPSA) is 72.9 Å². The average Bonchev–Trinajstić information content (AvgIpc) is 2.68. The fourth-order valence-electron chi connectivity index (χ4n) is 3.65. The maximum absolute atomic E-state index is 12.3. The van der Waals surface area contributed by atoms with E-state index in [-0.39, 0.29) is 18.0 Å². The highest BCUT2D eigenvalue weighted by molar-refractivity contribution is 5.75. The van der Waals surface area contributed by atoms with Gasteiger partial charge in [-0.25, -0.2) is 4.79 Å². The highest BCUT2D eigenvalue weighted by atomic mass is 16.4. The van der Waals surface area contributed by atoms with Crippen molar-refractivity contribution in [3.05, 3.63) is 35.9 Å². The van der Waals surface area contributed by atoms with Crippen LogP contribution in [0.2, 0.25) is 0 Å². The van der Waals surface area contributed by atoms with Crippen molar-refractivity contribution in [1.29, 1.82) is 0 Å². The van der Waals surface area contributed by atoms with Gasteiger partial charge < -0.3 is 15.3 Å². The maximum atomic E-state index is 12.3. The largest absolute Gasteiger partial charge is 0.481 e. The van der Waals surface area contributed by atoms with E-state index in [2.05, 4.69) is 41.4 Å². The van der Waals surface area contributed by atoms with Crippen molar-refractivity contribution in [3.8, 4) is 0 Å². The van der Waals surface area contributed by atoms with Crippen molar-refractivity contribution in [2.24, 2.45) is 11.3 Å². The molecule has 0 saturated carbocycles. The predicted molar refractivity (Wildman–Crippen MR) is 107 cm³/mol. The van der Waals surface area contributed by atoms with E-state index < -0.39 is 11.9 Å². The summed E-state index contributed by atoms with van der Waals surface area (Å²) in [6, 6.07) is 10.3. The fourth-order valence-corrected chi connectivity index (χ4v) is 3.65. The summed E-state index contributed by atoms with van der Waals surface area (Å²) in [5.74, 6) is -1.45. The Morgan fingerprint density at radius 2 is 1.89 bits per heavy atom. The second-order valence-corrected chi connectivity index (χ2v) is 7.89. The van der Waals surface area contributed by atoms with Gasteiger partial charge in [0.15, 0.2) is 0 Å². The second-order valence-electron chi connectivity index (χ2n) is 7.89. The molecule has 27 heavy (non-hydrogen) atoms. The molecule has 1 aromatic rings. The van der Waals surface area contributed by atoms with Gasteiger partial charge >= 0.3 is 12.0 Å². The number of nitrogens with one attached hydrogen (secondary N) is 1. The normalized spacial score (nSPS) is 17.9. The number of carbonyl (C=O) groups excluding carboxylic acids is 1. The van der Waals surface area contributed by atoms with Gasteiger partial charge in [0.05, 0.1) is 5.92 Å². The molecule has 6 nitrogen and oxygen atoms in total. The molecule has 1 atom stereocenters. The summed E-state index contributed by atoms with van der Waals surface area (Å²) in [7, 11) is 1.65. The summed E-state index contributed by atoms with van der Waals surface area (Å²) < 4.78 is 0. The number of nitrogens with zero attached hydrogens (tertiary/aromatic N) is 2. The third-order valence-corrected chi connectivity index (χ3v) is 5.85. The number of urea groups is 1. The van der Waals surface area contributed by atoms with Crippen molar-refractivity contribution in [3.63, 3.8) is 0 Å². The van der Waals surface area contributed by atoms with Crippen molar-refractivity contribution >= 4 is 12.0 Å². The minimum Gasteiger partial charge on any atom is -0.481 e. The molecule has 0 aromatic heterocycles. The van der Waals surface area contributed by atoms with Crippen molar-refractivity contribution in [1.82, 2.24) is 15.1 Å². The zero-order chi connectivity index (χ0) is 19.9. The predicted octanol–water partition coefficient (Wildman–Crippen LogP) is 3.04. The van der Waals surface area contributed by atoms with Crippen molar-refractivity contribution < 1.29 is 14.7 Å². The number of hydrogen-bond donors (Lipinski definition) is 2. The lowest BCUT2D eigenvalue weighted by molar-refractivity contribution is -0.141. The number of amides is 2. The van der Waals surface area contributed by atoms with Gasteiger partial charge in [0.2, 0.25) is 0 Å². The van der Waals surface area contributed by atoms with Gasteiger partial charge in [-0.15, -0.1) is 0 Å². The third kappa shape index (κ3) is 6.24. The summed E-state index contributed by atoms with van der Waals surface area (Å²) in [5, 5.41) is 12.0. The number of benzene rings is 1. The van der Waals surface area contributed by atoms with Crippen LogP contribution < -0.4 is 5.32 Å². The van der Waals surface area contributed by atoms with Crippen LogP contribution in [0, 0.1) is 11.3 Å². The van der Waals surface area contributed by atoms with Gasteiger partial charge in [-0.2, -0.15) is 0 Å². The van der Waals surface area contributed by atoms with Crippen LogP contribution in [0.4, 0.5) is 4.79 Å². The Hall–Kier alpha value is -2.08. The molecule has 2 amide bonds. The van der Waals surface area contributed by atoms with Gasteiger partial charge in [-0.3, -0.25) is 9.69 Å². The second kappa shape index (κ2) is 9.74. The highest BCUT2D eigenvalue weighted by Crippen LogP contribution is 2.34. The molecule has 0 spiro atoms. The van der Waals surface area contributed by atoms with Crippen molar-refractivity contribution in [2.45, 2.75) is 39.7 Å². The van der Waals surface area contributed by atoms with E-state index in [9.17, 15) is 9.59 Å². The minimum absolute atomic E-state index is 0.127. The average molecular weight is 376 g/mol. The molecule has 1 fully saturated rings. The Kier molecular flexibility index (Phi) is 7.66. The van der Waals surface area contributed by atoms with Gasteiger partial charge in [-0.05, 0) is 43.3 Å². The number of carbonyl (C=O) groups is 2. The van der Waals surface area contributed by atoms with E-state index in [4.69, 9.17) is 5.11 Å². The standard InChI is InChI=1S/C21H33N3O3/c1-4-21(16-22-20(27)23(3)14-17(2)19(25)26)10-12-24(13-11-21)15-18-8-6-5-7-9-18/h5-9,17H,4,10-16H2,1-3H3,(H,22,27)(H,25,26). The molecular weight excluding hydrogens is 342 g/mol. The first kappa shape index (κ1) is 21.2. The number of likely N-dealkylation sites (tertiary alicyclic amines) is 1. The molecular formula is C21H33N3O3. The van der Waals surface area contributed by atoms with Crippen LogP contribution in [-0.2, 0) is 11.3 Å². The molecule has 1 aliphatic rings. The molecule has 2 rings (SSSR count). The lowest BCUT2D eigenvalue weighted by atomic mass is 9.76. The molecule has 1 heterocycles. The number of aliphatic carboxylic acids is 1. The van der Waals surface area contributed by atoms with E-state index in [0.29, 0.717) is 6.54 Å². The van der Waals surface area contributed by atoms with Gasteiger partial charge in [0.25, 0.3) is 0 Å². The van der Waals surface area contributed by atoms with Crippen LogP contribution in [0.25, 0.3) is 0 Å². The molecule has 1 aromatic carbocycles. The zero-order valence-electron chi connectivity index (χ0n) is 16.8. The van der Waals surface area contributed by atoms with Crippen LogP contribution in [-0.4, -0.2) is 60.1 Å². The lowest BCUT2D eigenvalue weighted by Crippen LogP contribution is -2.48. The van der Waals surface area contributed by atoms with Crippen LogP contribution in [0.15, 0.2) is 30.3 Å². The summed E-state index contributed by atoms with van der Waals surface area (Å²) in [6.45, 7) is 7.70. The van der Waals surface area contributed by atoms with Crippen LogP contribution in [0.3, 0.4) is 0 Å². The van der Waals surface area contributed by atoms with E-state index in [1.54, 1.807) is 14.0 Å². The fraction of sp³-hybridized carbons (Fsp3) is 0.619. The Bertz CT molecular complexity index is 612. The minimum atomic E-state index is -0.884. The molecule has 6 heteroatoms. The van der Waals surface area contributed by atoms with Crippen LogP contribution in [0.1, 0.15) is 38.7 Å². The lowest BCUT2D eigenvalue weighted by Gasteiger charge is -2.42. The molecule has 1 saturated heterocycles. The first-order chi connectivity index (χ1) is 12.8. The Morgan fingerprint density at radius 1 is 1.26 bits per heavy atom. The number of rotatable bonds is 8. The molecule has 2 N–H and O–H groups in total. The van der Waals surface area contributed by atoms with Crippen LogP contribution in [0.5, 0.6) is 0 Å². The number of hydrogen-bond acceptors (Lipinski definition) is 3. The smallest absolute Gasteiger partial charge is 0.317 e. The zero-order valence-corrected chi connectivity index (χ0v) is 16.8. The van der Waals surface area contributed by atoms with E-state index in [0.717, 1.165) is 38.9 Å². The van der Waals surface area contributed by atoms with Crippen LogP contribution >= 0.6 is 0 Å². The quantitative estimate of drug-likeness (QED) is 0.732. The highest BCUT2D eigenvalue weighted by Gasteiger charge is 2.33. The van der Waals surface area contributed by atoms with E-state index in [1.165, 1.54) is 10.5 Å². The number of piperidine rings is 1. The molecule has 1 unspecified atom stereocenters. The van der Waals surface area contributed by atoms with Gasteiger partial charge in [0.1, 0.15) is 0 Å². The molecule has 150 valence electrons. The summed E-state index contributed by atoms with van der Waals surface area (Å²) in [4.78, 5) is 27.2. The Labute approximate surface area is 162 Å². The monoisotopic (exact) mass is 375 g/mol.